The van der Waals surface area contributed by atoms with Crippen LogP contribution < -0.4 is 4.74 Å². The molecule has 158 valence electrons. The van der Waals surface area contributed by atoms with Gasteiger partial charge in [0.15, 0.2) is 5.65 Å². The van der Waals surface area contributed by atoms with Crippen LogP contribution in [0.3, 0.4) is 0 Å². The molecule has 2 aromatic carbocycles. The Morgan fingerprint density at radius 1 is 1.00 bits per heavy atom. The summed E-state index contributed by atoms with van der Waals surface area (Å²) in [6, 6.07) is 21.7. The first-order chi connectivity index (χ1) is 14.9. The molecule has 0 aliphatic rings. The zero-order valence-corrected chi connectivity index (χ0v) is 18.5. The molecule has 0 saturated carbocycles. The van der Waals surface area contributed by atoms with Crippen molar-refractivity contribution in [1.82, 2.24) is 8.96 Å². The minimum Gasteiger partial charge on any atom is -0.497 e. The second-order valence-electron chi connectivity index (χ2n) is 7.58. The van der Waals surface area contributed by atoms with Crippen molar-refractivity contribution in [1.29, 1.82) is 0 Å². The van der Waals surface area contributed by atoms with Gasteiger partial charge >= 0.3 is 0 Å². The largest absolute Gasteiger partial charge is 0.497 e. The summed E-state index contributed by atoms with van der Waals surface area (Å²) in [6.45, 7) is 4.13. The molecule has 2 aromatic heterocycles. The first kappa shape index (κ1) is 20.9. The van der Waals surface area contributed by atoms with Crippen LogP contribution in [0.1, 0.15) is 25.1 Å². The highest BCUT2D eigenvalue weighted by atomic mass is 32.2. The van der Waals surface area contributed by atoms with E-state index in [1.807, 2.05) is 42.5 Å². The van der Waals surface area contributed by atoms with E-state index in [2.05, 4.69) is 24.9 Å². The highest BCUT2D eigenvalue weighted by Gasteiger charge is 2.26. The predicted octanol–water partition coefficient (Wildman–Crippen LogP) is 5.37. The van der Waals surface area contributed by atoms with Gasteiger partial charge in [-0.2, -0.15) is 0 Å². The molecule has 0 fully saturated rings. The fourth-order valence-electron chi connectivity index (χ4n) is 3.59. The number of aromatic nitrogens is 2. The van der Waals surface area contributed by atoms with Crippen molar-refractivity contribution in [2.24, 2.45) is 5.92 Å². The molecule has 2 heterocycles. The normalized spacial score (nSPS) is 12.5. The van der Waals surface area contributed by atoms with E-state index >= 15 is 0 Å². The van der Waals surface area contributed by atoms with Crippen LogP contribution in [0.5, 0.6) is 5.75 Å². The molecule has 4 rings (SSSR count). The van der Waals surface area contributed by atoms with Gasteiger partial charge in [-0.1, -0.05) is 50.3 Å². The molecule has 0 saturated heterocycles. The highest BCUT2D eigenvalue weighted by molar-refractivity contribution is 7.90. The number of hydrogen-bond donors (Lipinski definition) is 0. The molecule has 0 N–H and O–H groups in total. The maximum Gasteiger partial charge on any atom is 0.269 e. The van der Waals surface area contributed by atoms with E-state index in [-0.39, 0.29) is 10.8 Å². The predicted molar refractivity (Wildman–Crippen MR) is 124 cm³/mol. The number of rotatable bonds is 6. The van der Waals surface area contributed by atoms with Crippen molar-refractivity contribution in [2.75, 3.05) is 7.11 Å². The molecule has 0 aliphatic heterocycles. The lowest BCUT2D eigenvalue weighted by molar-refractivity contribution is 0.414. The van der Waals surface area contributed by atoms with Crippen molar-refractivity contribution in [3.63, 3.8) is 0 Å². The Kier molecular flexibility index (Phi) is 5.65. The fraction of sp³-hybridized carbons (Fsp3) is 0.160. The number of allylic oxidation sites excluding steroid dienone is 1. The summed E-state index contributed by atoms with van der Waals surface area (Å²) in [4.78, 5) is 4.63. The van der Waals surface area contributed by atoms with Crippen molar-refractivity contribution in [3.8, 4) is 5.75 Å². The monoisotopic (exact) mass is 432 g/mol. The van der Waals surface area contributed by atoms with Crippen molar-refractivity contribution >= 4 is 26.6 Å². The zero-order valence-electron chi connectivity index (χ0n) is 17.7. The number of fused-ring (bicyclic) bond motifs is 1. The van der Waals surface area contributed by atoms with Gasteiger partial charge in [0, 0.05) is 17.2 Å². The molecule has 0 spiro atoms. The van der Waals surface area contributed by atoms with E-state index in [9.17, 15) is 8.42 Å². The summed E-state index contributed by atoms with van der Waals surface area (Å²) < 4.78 is 34.3. The van der Waals surface area contributed by atoms with E-state index in [4.69, 9.17) is 4.74 Å². The molecule has 0 amide bonds. The van der Waals surface area contributed by atoms with Crippen LogP contribution in [0.2, 0.25) is 0 Å². The maximum absolute atomic E-state index is 13.7. The third-order valence-electron chi connectivity index (χ3n) is 4.96. The van der Waals surface area contributed by atoms with Crippen LogP contribution in [0.4, 0.5) is 0 Å². The minimum atomic E-state index is -3.88. The Morgan fingerprint density at radius 2 is 1.77 bits per heavy atom. The summed E-state index contributed by atoms with van der Waals surface area (Å²) >= 11 is 0. The van der Waals surface area contributed by atoms with E-state index < -0.39 is 10.0 Å². The SMILES string of the molecule is COc1cccc(C(=CC(C)C)c2cc3cccnc3n2S(=O)(=O)c2ccccc2)c1. The molecule has 6 heteroatoms. The Labute approximate surface area is 182 Å². The third-order valence-corrected chi connectivity index (χ3v) is 6.68. The number of ether oxygens (including phenoxy) is 1. The van der Waals surface area contributed by atoms with Gasteiger partial charge in [0.05, 0.1) is 17.7 Å². The number of pyridine rings is 1. The molecule has 31 heavy (non-hydrogen) atoms. The van der Waals surface area contributed by atoms with Crippen LogP contribution in [0, 0.1) is 5.92 Å². The number of benzene rings is 2. The number of nitrogens with zero attached hydrogens (tertiary/aromatic N) is 2. The molecular formula is C25H24N2O3S. The topological polar surface area (TPSA) is 61.2 Å². The Morgan fingerprint density at radius 3 is 2.48 bits per heavy atom. The second-order valence-corrected chi connectivity index (χ2v) is 9.37. The van der Waals surface area contributed by atoms with Gasteiger partial charge in [0.25, 0.3) is 10.0 Å². The molecule has 4 aromatic rings. The van der Waals surface area contributed by atoms with E-state index in [1.54, 1.807) is 43.6 Å². The fourth-order valence-corrected chi connectivity index (χ4v) is 5.10. The summed E-state index contributed by atoms with van der Waals surface area (Å²) in [5, 5.41) is 0.759. The molecule has 0 radical (unpaired) electrons. The standard InChI is InChI=1S/C25H24N2O3S/c1-18(2)15-23(19-9-7-11-21(16-19)30-3)24-17-20-10-8-14-26-25(20)27(24)31(28,29)22-12-5-4-6-13-22/h4-18H,1-3H3. The van der Waals surface area contributed by atoms with Gasteiger partial charge in [-0.25, -0.2) is 17.4 Å². The van der Waals surface area contributed by atoms with Crippen LogP contribution in [0.25, 0.3) is 16.6 Å². The Bertz CT molecular complexity index is 1350. The summed E-state index contributed by atoms with van der Waals surface area (Å²) in [5.41, 5.74) is 2.66. The van der Waals surface area contributed by atoms with E-state index in [0.29, 0.717) is 17.1 Å². The van der Waals surface area contributed by atoms with Gasteiger partial charge in [-0.3, -0.25) is 0 Å². The van der Waals surface area contributed by atoms with Crippen molar-refractivity contribution in [3.05, 3.63) is 96.3 Å². The van der Waals surface area contributed by atoms with Gasteiger partial charge in [-0.15, -0.1) is 0 Å². The summed E-state index contributed by atoms with van der Waals surface area (Å²) in [7, 11) is -2.26. The first-order valence-corrected chi connectivity index (χ1v) is 11.5. The van der Waals surface area contributed by atoms with Crippen molar-refractivity contribution in [2.45, 2.75) is 18.7 Å². The van der Waals surface area contributed by atoms with Gasteiger partial charge < -0.3 is 4.74 Å². The lowest BCUT2D eigenvalue weighted by Crippen LogP contribution is -2.16. The number of hydrogen-bond acceptors (Lipinski definition) is 4. The average molecular weight is 433 g/mol. The third kappa shape index (κ3) is 3.99. The molecular weight excluding hydrogens is 408 g/mol. The van der Waals surface area contributed by atoms with Crippen LogP contribution in [0.15, 0.2) is 90.0 Å². The summed E-state index contributed by atoms with van der Waals surface area (Å²) in [5.74, 6) is 0.902. The molecule has 0 aliphatic carbocycles. The van der Waals surface area contributed by atoms with E-state index in [1.165, 1.54) is 3.97 Å². The zero-order chi connectivity index (χ0) is 22.0. The average Bonchev–Trinajstić information content (AvgIpc) is 3.18. The van der Waals surface area contributed by atoms with Gasteiger partial charge in [0.1, 0.15) is 5.75 Å². The van der Waals surface area contributed by atoms with Gasteiger partial charge in [-0.05, 0) is 53.9 Å². The minimum absolute atomic E-state index is 0.194. The maximum atomic E-state index is 13.7. The first-order valence-electron chi connectivity index (χ1n) is 10.1. The quantitative estimate of drug-likeness (QED) is 0.411. The van der Waals surface area contributed by atoms with Gasteiger partial charge in [0.2, 0.25) is 0 Å². The van der Waals surface area contributed by atoms with E-state index in [0.717, 1.165) is 16.5 Å². The van der Waals surface area contributed by atoms with Crippen LogP contribution in [-0.2, 0) is 10.0 Å². The smallest absolute Gasteiger partial charge is 0.269 e. The Balaban J connectivity index is 2.06. The molecule has 0 atom stereocenters. The van der Waals surface area contributed by atoms with Crippen molar-refractivity contribution < 1.29 is 13.2 Å². The van der Waals surface area contributed by atoms with Crippen LogP contribution in [-0.4, -0.2) is 24.5 Å². The Hall–Kier alpha value is -3.38. The number of methoxy groups -OCH3 is 1. The molecule has 0 bridgehead atoms. The lowest BCUT2D eigenvalue weighted by Gasteiger charge is -2.16. The highest BCUT2D eigenvalue weighted by Crippen LogP contribution is 2.34. The van der Waals surface area contributed by atoms with Crippen LogP contribution >= 0.6 is 0 Å². The molecule has 5 nitrogen and oxygen atoms in total. The molecule has 0 unspecified atom stereocenters. The summed E-state index contributed by atoms with van der Waals surface area (Å²) in [6.07, 6.45) is 3.68. The lowest BCUT2D eigenvalue weighted by atomic mass is 9.98. The second kappa shape index (κ2) is 8.40.